The first-order valence-corrected chi connectivity index (χ1v) is 6.73. The van der Waals surface area contributed by atoms with Gasteiger partial charge < -0.3 is 10.1 Å². The molecule has 0 saturated heterocycles. The van der Waals surface area contributed by atoms with E-state index in [0.717, 1.165) is 31.7 Å². The van der Waals surface area contributed by atoms with E-state index in [0.29, 0.717) is 0 Å². The molecular weight excluding hydrogens is 210 g/mol. The van der Waals surface area contributed by atoms with Crippen molar-refractivity contribution in [1.82, 2.24) is 5.32 Å². The molecule has 1 aromatic rings. The van der Waals surface area contributed by atoms with Crippen LogP contribution in [0.5, 0.6) is 5.75 Å². The zero-order valence-corrected chi connectivity index (χ0v) is 11.2. The first kappa shape index (κ1) is 14.0. The van der Waals surface area contributed by atoms with Gasteiger partial charge in [-0.15, -0.1) is 0 Å². The van der Waals surface area contributed by atoms with E-state index in [9.17, 15) is 0 Å². The van der Waals surface area contributed by atoms with E-state index in [1.807, 2.05) is 7.05 Å². The Kier molecular flexibility index (Phi) is 7.48. The lowest BCUT2D eigenvalue weighted by atomic mass is 10.1. The van der Waals surface area contributed by atoms with Crippen LogP contribution in [0.1, 0.15) is 38.2 Å². The van der Waals surface area contributed by atoms with Crippen LogP contribution < -0.4 is 10.1 Å². The molecule has 17 heavy (non-hydrogen) atoms. The molecule has 1 aromatic carbocycles. The summed E-state index contributed by atoms with van der Waals surface area (Å²) < 4.78 is 5.70. The van der Waals surface area contributed by atoms with Crippen molar-refractivity contribution in [2.24, 2.45) is 0 Å². The second-order valence-corrected chi connectivity index (χ2v) is 4.41. The predicted octanol–water partition coefficient (Wildman–Crippen LogP) is 3.41. The van der Waals surface area contributed by atoms with Crippen molar-refractivity contribution >= 4 is 0 Å². The fourth-order valence-corrected chi connectivity index (χ4v) is 1.81. The Bertz CT molecular complexity index is 281. The molecule has 0 aliphatic rings. The van der Waals surface area contributed by atoms with Gasteiger partial charge in [-0.1, -0.05) is 25.5 Å². The third kappa shape index (κ3) is 6.32. The highest BCUT2D eigenvalue weighted by Crippen LogP contribution is 2.13. The van der Waals surface area contributed by atoms with E-state index in [4.69, 9.17) is 4.74 Å². The number of nitrogens with one attached hydrogen (secondary N) is 1. The fraction of sp³-hybridized carbons (Fsp3) is 0.600. The van der Waals surface area contributed by atoms with Crippen LogP contribution in [0.15, 0.2) is 24.3 Å². The van der Waals surface area contributed by atoms with Crippen LogP contribution in [0.25, 0.3) is 0 Å². The van der Waals surface area contributed by atoms with Crippen LogP contribution in [0.2, 0.25) is 0 Å². The number of hydrogen-bond donors (Lipinski definition) is 1. The van der Waals surface area contributed by atoms with E-state index in [2.05, 4.69) is 36.5 Å². The first-order valence-electron chi connectivity index (χ1n) is 6.73. The van der Waals surface area contributed by atoms with Gasteiger partial charge in [0.25, 0.3) is 0 Å². The fourth-order valence-electron chi connectivity index (χ4n) is 1.81. The Balaban J connectivity index is 2.14. The van der Waals surface area contributed by atoms with Crippen LogP contribution in [0.4, 0.5) is 0 Å². The molecule has 0 aliphatic carbocycles. The molecule has 2 heteroatoms. The molecule has 0 radical (unpaired) electrons. The lowest BCUT2D eigenvalue weighted by Gasteiger charge is -2.07. The van der Waals surface area contributed by atoms with E-state index < -0.39 is 0 Å². The molecule has 0 amide bonds. The largest absolute Gasteiger partial charge is 0.494 e. The van der Waals surface area contributed by atoms with Crippen molar-refractivity contribution < 1.29 is 4.74 Å². The van der Waals surface area contributed by atoms with Crippen LogP contribution >= 0.6 is 0 Å². The zero-order chi connectivity index (χ0) is 12.3. The lowest BCUT2D eigenvalue weighted by molar-refractivity contribution is 0.305. The summed E-state index contributed by atoms with van der Waals surface area (Å²) in [4.78, 5) is 0. The molecule has 0 atom stereocenters. The Morgan fingerprint density at radius 3 is 2.47 bits per heavy atom. The average Bonchev–Trinajstić information content (AvgIpc) is 2.36. The van der Waals surface area contributed by atoms with Crippen molar-refractivity contribution in [2.45, 2.75) is 39.0 Å². The van der Waals surface area contributed by atoms with E-state index >= 15 is 0 Å². The summed E-state index contributed by atoms with van der Waals surface area (Å²) in [6, 6.07) is 8.50. The lowest BCUT2D eigenvalue weighted by Crippen LogP contribution is -2.07. The summed E-state index contributed by atoms with van der Waals surface area (Å²) in [7, 11) is 1.99. The highest BCUT2D eigenvalue weighted by molar-refractivity contribution is 5.27. The first-order chi connectivity index (χ1) is 8.36. The molecule has 0 unspecified atom stereocenters. The zero-order valence-electron chi connectivity index (χ0n) is 11.2. The minimum atomic E-state index is 0.830. The van der Waals surface area contributed by atoms with Gasteiger partial charge in [-0.3, -0.25) is 0 Å². The van der Waals surface area contributed by atoms with Gasteiger partial charge in [0.15, 0.2) is 0 Å². The summed E-state index contributed by atoms with van der Waals surface area (Å²) in [6.07, 6.45) is 5.96. The summed E-state index contributed by atoms with van der Waals surface area (Å²) in [5.41, 5.74) is 1.40. The number of aryl methyl sites for hydroxylation is 1. The highest BCUT2D eigenvalue weighted by atomic mass is 16.5. The van der Waals surface area contributed by atoms with Gasteiger partial charge in [0.05, 0.1) is 6.61 Å². The Labute approximate surface area is 105 Å². The van der Waals surface area contributed by atoms with Crippen molar-refractivity contribution in [3.05, 3.63) is 29.8 Å². The van der Waals surface area contributed by atoms with Crippen LogP contribution in [-0.4, -0.2) is 20.2 Å². The maximum atomic E-state index is 5.70. The standard InChI is InChI=1S/C15H25NO/c1-3-7-14-8-10-15(11-9-14)17-13-6-4-5-12-16-2/h8-11,16H,3-7,12-13H2,1-2H3. The van der Waals surface area contributed by atoms with E-state index in [-0.39, 0.29) is 0 Å². The predicted molar refractivity (Wildman–Crippen MR) is 73.7 cm³/mol. The smallest absolute Gasteiger partial charge is 0.119 e. The summed E-state index contributed by atoms with van der Waals surface area (Å²) >= 11 is 0. The molecule has 0 aliphatic heterocycles. The normalized spacial score (nSPS) is 10.5. The molecule has 0 fully saturated rings. The third-order valence-corrected chi connectivity index (χ3v) is 2.80. The maximum absolute atomic E-state index is 5.70. The van der Waals surface area contributed by atoms with Gasteiger partial charge in [-0.2, -0.15) is 0 Å². The third-order valence-electron chi connectivity index (χ3n) is 2.80. The van der Waals surface area contributed by atoms with Crippen LogP contribution in [-0.2, 0) is 6.42 Å². The highest BCUT2D eigenvalue weighted by Gasteiger charge is 1.95. The second-order valence-electron chi connectivity index (χ2n) is 4.41. The minimum Gasteiger partial charge on any atom is -0.494 e. The van der Waals surface area contributed by atoms with E-state index in [1.165, 1.54) is 24.8 Å². The summed E-state index contributed by atoms with van der Waals surface area (Å²) in [5.74, 6) is 0.999. The topological polar surface area (TPSA) is 21.3 Å². The van der Waals surface area contributed by atoms with Gasteiger partial charge >= 0.3 is 0 Å². The molecule has 1 N–H and O–H groups in total. The Hall–Kier alpha value is -1.02. The number of rotatable bonds is 9. The Morgan fingerprint density at radius 1 is 1.06 bits per heavy atom. The van der Waals surface area contributed by atoms with Crippen molar-refractivity contribution in [1.29, 1.82) is 0 Å². The van der Waals surface area contributed by atoms with Crippen molar-refractivity contribution in [2.75, 3.05) is 20.2 Å². The number of benzene rings is 1. The minimum absolute atomic E-state index is 0.830. The number of ether oxygens (including phenoxy) is 1. The van der Waals surface area contributed by atoms with Crippen molar-refractivity contribution in [3.8, 4) is 5.75 Å². The number of unbranched alkanes of at least 4 members (excludes halogenated alkanes) is 2. The molecule has 0 aromatic heterocycles. The Morgan fingerprint density at radius 2 is 1.82 bits per heavy atom. The van der Waals surface area contributed by atoms with Crippen molar-refractivity contribution in [3.63, 3.8) is 0 Å². The molecule has 2 nitrogen and oxygen atoms in total. The molecule has 1 rings (SSSR count). The van der Waals surface area contributed by atoms with Gasteiger partial charge in [0.2, 0.25) is 0 Å². The average molecular weight is 235 g/mol. The van der Waals surface area contributed by atoms with Crippen LogP contribution in [0.3, 0.4) is 0 Å². The van der Waals surface area contributed by atoms with Gasteiger partial charge in [-0.25, -0.2) is 0 Å². The van der Waals surface area contributed by atoms with Gasteiger partial charge in [-0.05, 0) is 57.0 Å². The van der Waals surface area contributed by atoms with Gasteiger partial charge in [0.1, 0.15) is 5.75 Å². The molecule has 0 spiro atoms. The maximum Gasteiger partial charge on any atom is 0.119 e. The quantitative estimate of drug-likeness (QED) is 0.662. The molecule has 0 saturated carbocycles. The molecule has 0 bridgehead atoms. The monoisotopic (exact) mass is 235 g/mol. The van der Waals surface area contributed by atoms with Gasteiger partial charge in [0, 0.05) is 0 Å². The number of hydrogen-bond acceptors (Lipinski definition) is 2. The molecule has 96 valence electrons. The summed E-state index contributed by atoms with van der Waals surface area (Å²) in [6.45, 7) is 4.14. The molecular formula is C15H25NO. The van der Waals surface area contributed by atoms with Crippen LogP contribution in [0, 0.1) is 0 Å². The summed E-state index contributed by atoms with van der Waals surface area (Å²) in [5, 5.41) is 3.15. The SMILES string of the molecule is CCCc1ccc(OCCCCCNC)cc1. The molecule has 0 heterocycles. The second kappa shape index (κ2) is 9.06. The van der Waals surface area contributed by atoms with E-state index in [1.54, 1.807) is 0 Å².